The second-order valence-corrected chi connectivity index (χ2v) is 6.84. The fraction of sp³-hybridized carbons (Fsp3) is 0.471. The number of amides is 3. The lowest BCUT2D eigenvalue weighted by Crippen LogP contribution is -2.46. The molecule has 2 fully saturated rings. The van der Waals surface area contributed by atoms with Crippen molar-refractivity contribution < 1.29 is 24.2 Å². The molecule has 0 saturated carbocycles. The van der Waals surface area contributed by atoms with Gasteiger partial charge < -0.3 is 20.5 Å². The maximum absolute atomic E-state index is 12.5. The predicted molar refractivity (Wildman–Crippen MR) is 94.7 cm³/mol. The number of halogens is 1. The number of nitrogens with zero attached hydrogens (tertiary/aromatic N) is 1. The van der Waals surface area contributed by atoms with Gasteiger partial charge in [0.15, 0.2) is 0 Å². The summed E-state index contributed by atoms with van der Waals surface area (Å²) in [6.45, 7) is 1.71. The highest BCUT2D eigenvalue weighted by atomic mass is 35.5. The van der Waals surface area contributed by atoms with Crippen molar-refractivity contribution in [2.45, 2.75) is 12.8 Å². The molecule has 0 atom stereocenters. The molecule has 0 bridgehead atoms. The van der Waals surface area contributed by atoms with E-state index in [0.717, 1.165) is 0 Å². The summed E-state index contributed by atoms with van der Waals surface area (Å²) >= 11 is 6.16. The first-order valence-corrected chi connectivity index (χ1v) is 8.75. The van der Waals surface area contributed by atoms with Gasteiger partial charge in [-0.05, 0) is 31.0 Å². The summed E-state index contributed by atoms with van der Waals surface area (Å²) in [5, 5.41) is 15.3. The van der Waals surface area contributed by atoms with Gasteiger partial charge in [0.1, 0.15) is 0 Å². The molecule has 0 aliphatic carbocycles. The van der Waals surface area contributed by atoms with Crippen LogP contribution in [0, 0.1) is 5.41 Å². The lowest BCUT2D eigenvalue weighted by molar-refractivity contribution is -0.154. The number of carbonyl (C=O) groups excluding carboxylic acids is 2. The Bertz CT molecular complexity index is 733. The van der Waals surface area contributed by atoms with Crippen LogP contribution in [0.2, 0.25) is 5.02 Å². The number of carboxylic acids is 1. The molecule has 2 aliphatic heterocycles. The first-order valence-electron chi connectivity index (χ1n) is 8.37. The third-order valence-electron chi connectivity index (χ3n) is 4.85. The molecule has 3 N–H and O–H groups in total. The van der Waals surface area contributed by atoms with Gasteiger partial charge in [0, 0.05) is 38.4 Å². The Labute approximate surface area is 155 Å². The lowest BCUT2D eigenvalue weighted by atomic mass is 9.80. The molecule has 3 rings (SSSR count). The second kappa shape index (κ2) is 7.51. The van der Waals surface area contributed by atoms with Gasteiger partial charge in [-0.1, -0.05) is 11.6 Å². The Morgan fingerprint density at radius 2 is 2.08 bits per heavy atom. The molecule has 2 aliphatic rings. The maximum atomic E-state index is 12.5. The van der Waals surface area contributed by atoms with Crippen molar-refractivity contribution in [3.8, 4) is 0 Å². The number of benzene rings is 1. The van der Waals surface area contributed by atoms with Crippen LogP contribution < -0.4 is 15.5 Å². The zero-order valence-corrected chi connectivity index (χ0v) is 14.8. The van der Waals surface area contributed by atoms with Gasteiger partial charge >= 0.3 is 12.0 Å². The normalized spacial score (nSPS) is 19.1. The van der Waals surface area contributed by atoms with Gasteiger partial charge in [0.2, 0.25) is 0 Å². The SMILES string of the molecule is O=C(NCC1(C(=O)O)CCOCC1)c1ccc(Cl)c(N2CCNC2=O)c1. The van der Waals surface area contributed by atoms with E-state index in [4.69, 9.17) is 16.3 Å². The number of carboxylic acid groups (broad SMARTS) is 1. The van der Waals surface area contributed by atoms with Gasteiger partial charge in [-0.25, -0.2) is 4.79 Å². The number of urea groups is 1. The number of rotatable bonds is 5. The van der Waals surface area contributed by atoms with E-state index >= 15 is 0 Å². The number of hydrogen-bond acceptors (Lipinski definition) is 4. The largest absolute Gasteiger partial charge is 0.481 e. The van der Waals surface area contributed by atoms with Crippen molar-refractivity contribution >= 4 is 35.2 Å². The van der Waals surface area contributed by atoms with Crippen molar-refractivity contribution in [3.05, 3.63) is 28.8 Å². The standard InChI is InChI=1S/C17H20ClN3O5/c18-12-2-1-11(9-13(12)21-6-5-19-16(21)25)14(22)20-10-17(15(23)24)3-7-26-8-4-17/h1-2,9H,3-8,10H2,(H,19,25)(H,20,22)(H,23,24). The van der Waals surface area contributed by atoms with Crippen LogP contribution in [0.4, 0.5) is 10.5 Å². The molecular weight excluding hydrogens is 362 g/mol. The summed E-state index contributed by atoms with van der Waals surface area (Å²) < 4.78 is 5.23. The Morgan fingerprint density at radius 3 is 2.69 bits per heavy atom. The zero-order chi connectivity index (χ0) is 18.7. The molecule has 26 heavy (non-hydrogen) atoms. The van der Waals surface area contributed by atoms with Gasteiger partial charge in [0.25, 0.3) is 5.91 Å². The van der Waals surface area contributed by atoms with Crippen LogP contribution in [0.1, 0.15) is 23.2 Å². The highest BCUT2D eigenvalue weighted by Gasteiger charge is 2.40. The van der Waals surface area contributed by atoms with Gasteiger partial charge in [-0.3, -0.25) is 14.5 Å². The van der Waals surface area contributed by atoms with Crippen molar-refractivity contribution in [1.82, 2.24) is 10.6 Å². The van der Waals surface area contributed by atoms with Crippen LogP contribution in [0.15, 0.2) is 18.2 Å². The summed E-state index contributed by atoms with van der Waals surface area (Å²) in [4.78, 5) is 37.5. The number of hydrogen-bond donors (Lipinski definition) is 3. The highest BCUT2D eigenvalue weighted by molar-refractivity contribution is 6.34. The van der Waals surface area contributed by atoms with Gasteiger partial charge in [0.05, 0.1) is 16.1 Å². The molecule has 2 heterocycles. The molecule has 1 aromatic rings. The van der Waals surface area contributed by atoms with E-state index in [-0.39, 0.29) is 12.6 Å². The number of aliphatic carboxylic acids is 1. The van der Waals surface area contributed by atoms with E-state index in [1.807, 2.05) is 0 Å². The van der Waals surface area contributed by atoms with E-state index in [9.17, 15) is 19.5 Å². The number of carbonyl (C=O) groups is 3. The minimum atomic E-state index is -1.02. The highest BCUT2D eigenvalue weighted by Crippen LogP contribution is 2.31. The average Bonchev–Trinajstić information content (AvgIpc) is 3.06. The molecular formula is C17H20ClN3O5. The first-order chi connectivity index (χ1) is 12.4. The molecule has 8 nitrogen and oxygen atoms in total. The molecule has 1 aromatic carbocycles. The molecule has 0 spiro atoms. The Morgan fingerprint density at radius 1 is 1.35 bits per heavy atom. The van der Waals surface area contributed by atoms with E-state index in [2.05, 4.69) is 10.6 Å². The van der Waals surface area contributed by atoms with Crippen molar-refractivity contribution in [3.63, 3.8) is 0 Å². The van der Waals surface area contributed by atoms with Gasteiger partial charge in [-0.2, -0.15) is 0 Å². The average molecular weight is 382 g/mol. The number of anilines is 1. The summed E-state index contributed by atoms with van der Waals surface area (Å²) in [6.07, 6.45) is 0.699. The van der Waals surface area contributed by atoms with Crippen molar-refractivity contribution in [2.75, 3.05) is 37.7 Å². The monoisotopic (exact) mass is 381 g/mol. The molecule has 9 heteroatoms. The molecule has 3 amide bonds. The van der Waals surface area contributed by atoms with Crippen LogP contribution in [-0.2, 0) is 9.53 Å². The van der Waals surface area contributed by atoms with E-state index in [0.29, 0.717) is 55.4 Å². The molecule has 0 unspecified atom stereocenters. The van der Waals surface area contributed by atoms with Crippen LogP contribution >= 0.6 is 11.6 Å². The van der Waals surface area contributed by atoms with Crippen LogP contribution in [0.25, 0.3) is 0 Å². The quantitative estimate of drug-likeness (QED) is 0.716. The minimum absolute atomic E-state index is 0.0205. The summed E-state index contributed by atoms with van der Waals surface area (Å²) in [6, 6.07) is 4.38. The first kappa shape index (κ1) is 18.5. The van der Waals surface area contributed by atoms with E-state index in [1.165, 1.54) is 4.90 Å². The second-order valence-electron chi connectivity index (χ2n) is 6.43. The Kier molecular flexibility index (Phi) is 5.33. The Hall–Kier alpha value is -2.32. The third kappa shape index (κ3) is 3.61. The fourth-order valence-electron chi connectivity index (χ4n) is 3.14. The predicted octanol–water partition coefficient (Wildman–Crippen LogP) is 1.48. The summed E-state index contributed by atoms with van der Waals surface area (Å²) in [5.41, 5.74) is -0.247. The summed E-state index contributed by atoms with van der Waals surface area (Å²) in [5.74, 6) is -1.35. The Balaban J connectivity index is 1.73. The minimum Gasteiger partial charge on any atom is -0.481 e. The third-order valence-corrected chi connectivity index (χ3v) is 5.17. The fourth-order valence-corrected chi connectivity index (χ4v) is 3.36. The van der Waals surface area contributed by atoms with Crippen LogP contribution in [-0.4, -0.2) is 55.9 Å². The molecule has 140 valence electrons. The molecule has 0 aromatic heterocycles. The smallest absolute Gasteiger partial charge is 0.322 e. The van der Waals surface area contributed by atoms with Crippen molar-refractivity contribution in [2.24, 2.45) is 5.41 Å². The number of nitrogens with one attached hydrogen (secondary N) is 2. The van der Waals surface area contributed by atoms with Crippen LogP contribution in [0.3, 0.4) is 0 Å². The van der Waals surface area contributed by atoms with Gasteiger partial charge in [-0.15, -0.1) is 0 Å². The topological polar surface area (TPSA) is 108 Å². The molecule has 0 radical (unpaired) electrons. The molecule has 2 saturated heterocycles. The van der Waals surface area contributed by atoms with E-state index in [1.54, 1.807) is 18.2 Å². The lowest BCUT2D eigenvalue weighted by Gasteiger charge is -2.33. The van der Waals surface area contributed by atoms with Crippen LogP contribution in [0.5, 0.6) is 0 Å². The van der Waals surface area contributed by atoms with Crippen molar-refractivity contribution in [1.29, 1.82) is 0 Å². The van der Waals surface area contributed by atoms with E-state index < -0.39 is 17.3 Å². The zero-order valence-electron chi connectivity index (χ0n) is 14.1. The number of ether oxygens (including phenoxy) is 1. The maximum Gasteiger partial charge on any atom is 0.322 e. The summed E-state index contributed by atoms with van der Waals surface area (Å²) in [7, 11) is 0.